The van der Waals surface area contributed by atoms with E-state index in [0.717, 1.165) is 24.5 Å². The van der Waals surface area contributed by atoms with E-state index < -0.39 is 34.1 Å². The Morgan fingerprint density at radius 1 is 1.19 bits per heavy atom. The highest BCUT2D eigenvalue weighted by molar-refractivity contribution is 5.94. The number of rotatable bonds is 4. The molecule has 2 heterocycles. The van der Waals surface area contributed by atoms with Crippen molar-refractivity contribution in [1.82, 2.24) is 4.57 Å². The summed E-state index contributed by atoms with van der Waals surface area (Å²) in [6, 6.07) is 10.3. The molecule has 3 aromatic rings. The fourth-order valence-corrected chi connectivity index (χ4v) is 4.54. The molecule has 0 radical (unpaired) electrons. The highest BCUT2D eigenvalue weighted by Gasteiger charge is 2.39. The van der Waals surface area contributed by atoms with Crippen molar-refractivity contribution < 1.29 is 18.7 Å². The van der Waals surface area contributed by atoms with Crippen LogP contribution in [0.4, 0.5) is 14.5 Å². The molecular weight excluding hydrogens is 404 g/mol. The molecule has 6 nitrogen and oxygen atoms in total. The van der Waals surface area contributed by atoms with Crippen molar-refractivity contribution in [3.8, 4) is 0 Å². The monoisotopic (exact) mass is 425 g/mol. The molecule has 1 atom stereocenters. The van der Waals surface area contributed by atoms with Gasteiger partial charge in [-0.3, -0.25) is 4.79 Å². The van der Waals surface area contributed by atoms with Crippen LogP contribution in [0.15, 0.2) is 47.4 Å². The molecule has 5 rings (SSSR count). The molecule has 2 aromatic carbocycles. The minimum absolute atomic E-state index is 0.0527. The van der Waals surface area contributed by atoms with Crippen LogP contribution in [-0.2, 0) is 5.54 Å². The van der Waals surface area contributed by atoms with Crippen LogP contribution in [0.5, 0.6) is 0 Å². The summed E-state index contributed by atoms with van der Waals surface area (Å²) in [5.41, 5.74) is 5.06. The molecule has 1 aliphatic heterocycles. The van der Waals surface area contributed by atoms with Gasteiger partial charge >= 0.3 is 5.97 Å². The van der Waals surface area contributed by atoms with Crippen LogP contribution in [0, 0.1) is 11.6 Å². The predicted octanol–water partition coefficient (Wildman–Crippen LogP) is 3.38. The van der Waals surface area contributed by atoms with E-state index >= 15 is 8.78 Å². The van der Waals surface area contributed by atoms with Crippen LogP contribution in [-0.4, -0.2) is 28.7 Å². The van der Waals surface area contributed by atoms with Gasteiger partial charge in [-0.1, -0.05) is 30.3 Å². The summed E-state index contributed by atoms with van der Waals surface area (Å²) in [6.07, 6.45) is 3.18. The van der Waals surface area contributed by atoms with Gasteiger partial charge in [-0.05, 0) is 30.9 Å². The molecular formula is C23H21F2N3O3. The number of halogens is 2. The number of pyridine rings is 1. The van der Waals surface area contributed by atoms with E-state index in [1.165, 1.54) is 10.8 Å². The molecule has 2 fully saturated rings. The Labute approximate surface area is 176 Å². The van der Waals surface area contributed by atoms with Gasteiger partial charge in [0.05, 0.1) is 16.4 Å². The topological polar surface area (TPSA) is 88.6 Å². The molecule has 0 amide bonds. The number of carbonyl (C=O) groups is 1. The summed E-state index contributed by atoms with van der Waals surface area (Å²) in [4.78, 5) is 25.7. The van der Waals surface area contributed by atoms with E-state index in [4.69, 9.17) is 5.73 Å². The number of fused-ring (bicyclic) bond motifs is 1. The van der Waals surface area contributed by atoms with Crippen LogP contribution in [0.3, 0.4) is 0 Å². The Morgan fingerprint density at radius 2 is 1.90 bits per heavy atom. The molecule has 0 unspecified atom stereocenters. The minimum Gasteiger partial charge on any atom is -0.477 e. The summed E-state index contributed by atoms with van der Waals surface area (Å²) in [5.74, 6) is -3.17. The largest absolute Gasteiger partial charge is 0.477 e. The third kappa shape index (κ3) is 3.09. The van der Waals surface area contributed by atoms with Gasteiger partial charge in [0.1, 0.15) is 17.1 Å². The number of aromatic carboxylic acids is 1. The molecule has 160 valence electrons. The number of hydrogen-bond donors (Lipinski definition) is 2. The van der Waals surface area contributed by atoms with Gasteiger partial charge in [0.15, 0.2) is 5.82 Å². The predicted molar refractivity (Wildman–Crippen MR) is 112 cm³/mol. The van der Waals surface area contributed by atoms with Crippen LogP contribution in [0.1, 0.15) is 41.2 Å². The van der Waals surface area contributed by atoms with Crippen LogP contribution < -0.4 is 16.1 Å². The van der Waals surface area contributed by atoms with Crippen LogP contribution in [0.2, 0.25) is 0 Å². The Bertz CT molecular complexity index is 1270. The Hall–Kier alpha value is -3.26. The summed E-state index contributed by atoms with van der Waals surface area (Å²) in [5, 5.41) is 9.10. The highest BCUT2D eigenvalue weighted by atomic mass is 19.1. The average molecular weight is 425 g/mol. The zero-order valence-electron chi connectivity index (χ0n) is 16.6. The maximum atomic E-state index is 15.8. The number of nitrogens with two attached hydrogens (primary N) is 1. The third-order valence-corrected chi connectivity index (χ3v) is 6.32. The summed E-state index contributed by atoms with van der Waals surface area (Å²) < 4.78 is 32.4. The molecule has 31 heavy (non-hydrogen) atoms. The normalized spacial score (nSPS) is 21.1. The van der Waals surface area contributed by atoms with Gasteiger partial charge in [-0.25, -0.2) is 13.6 Å². The number of aromatic nitrogens is 1. The van der Waals surface area contributed by atoms with Crippen molar-refractivity contribution in [2.24, 2.45) is 5.73 Å². The Morgan fingerprint density at radius 3 is 2.55 bits per heavy atom. The van der Waals surface area contributed by atoms with Crippen molar-refractivity contribution in [1.29, 1.82) is 0 Å². The number of carboxylic acids is 1. The first-order chi connectivity index (χ1) is 14.8. The van der Waals surface area contributed by atoms with Crippen molar-refractivity contribution in [3.05, 3.63) is 75.6 Å². The summed E-state index contributed by atoms with van der Waals surface area (Å²) >= 11 is 0. The summed E-state index contributed by atoms with van der Waals surface area (Å²) in [6.45, 7) is 0.572. The molecule has 0 spiro atoms. The number of carboxylic acid groups (broad SMARTS) is 1. The zero-order valence-corrected chi connectivity index (χ0v) is 16.6. The molecule has 0 bridgehead atoms. The lowest BCUT2D eigenvalue weighted by atomic mass is 9.90. The maximum absolute atomic E-state index is 15.8. The van der Waals surface area contributed by atoms with Crippen molar-refractivity contribution >= 4 is 22.6 Å². The second kappa shape index (κ2) is 6.88. The number of hydrogen-bond acceptors (Lipinski definition) is 4. The fourth-order valence-electron chi connectivity index (χ4n) is 4.54. The number of nitrogens with zero attached hydrogens (tertiary/aromatic N) is 2. The second-order valence-electron chi connectivity index (χ2n) is 8.43. The fraction of sp³-hybridized carbons (Fsp3) is 0.304. The van der Waals surface area contributed by atoms with E-state index in [9.17, 15) is 14.7 Å². The smallest absolute Gasteiger partial charge is 0.341 e. The molecule has 1 aromatic heterocycles. The van der Waals surface area contributed by atoms with E-state index in [2.05, 4.69) is 0 Å². The number of benzene rings is 2. The van der Waals surface area contributed by atoms with Crippen molar-refractivity contribution in [2.45, 2.75) is 30.8 Å². The quantitative estimate of drug-likeness (QED) is 0.669. The SMILES string of the molecule is N[C@@]1(c2ccccc2)CCN(c2c(F)cc3c(=O)c(C(=O)O)cn(C4CC4)c3c2F)C1. The van der Waals surface area contributed by atoms with E-state index in [-0.39, 0.29) is 29.2 Å². The molecule has 1 aliphatic carbocycles. The van der Waals surface area contributed by atoms with Gasteiger partial charge in [0, 0.05) is 25.3 Å². The van der Waals surface area contributed by atoms with Crippen LogP contribution in [0.25, 0.3) is 10.9 Å². The molecule has 3 N–H and O–H groups in total. The lowest BCUT2D eigenvalue weighted by Gasteiger charge is -2.27. The average Bonchev–Trinajstić information content (AvgIpc) is 3.51. The first-order valence-electron chi connectivity index (χ1n) is 10.2. The van der Waals surface area contributed by atoms with Crippen molar-refractivity contribution in [3.63, 3.8) is 0 Å². The lowest BCUT2D eigenvalue weighted by Crippen LogP contribution is -2.40. The minimum atomic E-state index is -1.42. The van der Waals surface area contributed by atoms with Gasteiger partial charge in [0.2, 0.25) is 5.43 Å². The van der Waals surface area contributed by atoms with Crippen molar-refractivity contribution in [2.75, 3.05) is 18.0 Å². The highest BCUT2D eigenvalue weighted by Crippen LogP contribution is 2.41. The maximum Gasteiger partial charge on any atom is 0.341 e. The van der Waals surface area contributed by atoms with E-state index in [0.29, 0.717) is 13.0 Å². The van der Waals surface area contributed by atoms with E-state index in [1.807, 2.05) is 30.3 Å². The first-order valence-corrected chi connectivity index (χ1v) is 10.2. The Balaban J connectivity index is 1.66. The van der Waals surface area contributed by atoms with E-state index in [1.54, 1.807) is 4.90 Å². The summed E-state index contributed by atoms with van der Waals surface area (Å²) in [7, 11) is 0. The van der Waals surface area contributed by atoms with Gasteiger partial charge in [0.25, 0.3) is 0 Å². The lowest BCUT2D eigenvalue weighted by molar-refractivity contribution is 0.0694. The van der Waals surface area contributed by atoms with Crippen LogP contribution >= 0.6 is 0 Å². The van der Waals surface area contributed by atoms with Gasteiger partial charge in [-0.2, -0.15) is 0 Å². The zero-order chi connectivity index (χ0) is 21.9. The standard InChI is InChI=1S/C23H21F2N3O3/c24-17-10-15-19(28(14-6-7-14)11-16(21(15)29)22(30)31)18(25)20(17)27-9-8-23(26,12-27)13-4-2-1-3-5-13/h1-5,10-11,14H,6-9,12,26H2,(H,30,31)/t23-/m0/s1. The number of anilines is 1. The van der Waals surface area contributed by atoms with Gasteiger partial charge in [-0.15, -0.1) is 0 Å². The Kier molecular flexibility index (Phi) is 4.37. The van der Waals surface area contributed by atoms with Gasteiger partial charge < -0.3 is 20.3 Å². The molecule has 1 saturated heterocycles. The third-order valence-electron chi connectivity index (χ3n) is 6.32. The first kappa shape index (κ1) is 19.7. The second-order valence-corrected chi connectivity index (χ2v) is 8.43. The molecule has 1 saturated carbocycles. The molecule has 8 heteroatoms. The molecule has 2 aliphatic rings.